The van der Waals surface area contributed by atoms with Gasteiger partial charge in [0.05, 0.1) is 0 Å². The van der Waals surface area contributed by atoms with Crippen molar-refractivity contribution in [3.05, 3.63) is 0 Å². The summed E-state index contributed by atoms with van der Waals surface area (Å²) >= 11 is 0. The van der Waals surface area contributed by atoms with E-state index < -0.39 is 38.3 Å². The molecule has 0 aliphatic rings. The average Bonchev–Trinajstić information content (AvgIpc) is 2.23. The fourth-order valence-corrected chi connectivity index (χ4v) is 1.09. The van der Waals surface area contributed by atoms with Gasteiger partial charge in [-0.15, -0.1) is 4.76 Å². The molecule has 0 aromatic rings. The molecule has 5 N–H and O–H groups in total. The molecule has 110 valence electrons. The van der Waals surface area contributed by atoms with Crippen molar-refractivity contribution in [2.24, 2.45) is 10.5 Å². The Morgan fingerprint density at radius 3 is 2.37 bits per heavy atom. The second kappa shape index (κ2) is 7.04. The summed E-state index contributed by atoms with van der Waals surface area (Å²) in [5.74, 6) is -2.86. The minimum Gasteiger partial charge on any atom is -0.382 e. The van der Waals surface area contributed by atoms with Gasteiger partial charge in [-0.1, -0.05) is 0 Å². The quantitative estimate of drug-likeness (QED) is 0.145. The third-order valence-corrected chi connectivity index (χ3v) is 2.01. The van der Waals surface area contributed by atoms with E-state index >= 15 is 0 Å². The molecule has 1 atom stereocenters. The number of carbonyl (C=O) groups is 2. The molecule has 0 bridgehead atoms. The first-order valence-corrected chi connectivity index (χ1v) is 6.31. The molecule has 0 saturated heterocycles. The molecule has 19 heavy (non-hydrogen) atoms. The fraction of sp³-hybridized carbons (Fsp3) is 0.571. The second-order valence-corrected chi connectivity index (χ2v) is 4.59. The molecule has 0 aromatic heterocycles. The van der Waals surface area contributed by atoms with Gasteiger partial charge in [0.1, 0.15) is 6.54 Å². The lowest BCUT2D eigenvalue weighted by Crippen LogP contribution is -2.38. The van der Waals surface area contributed by atoms with Crippen LogP contribution in [-0.4, -0.2) is 57.4 Å². The van der Waals surface area contributed by atoms with Gasteiger partial charge in [0.2, 0.25) is 5.96 Å². The monoisotopic (exact) mass is 299 g/mol. The maximum absolute atomic E-state index is 11.1. The molecule has 11 nitrogen and oxygen atoms in total. The van der Waals surface area contributed by atoms with Gasteiger partial charge in [0, 0.05) is 7.05 Å². The smallest absolute Gasteiger partial charge is 0.382 e. The van der Waals surface area contributed by atoms with Crippen LogP contribution in [0.4, 0.5) is 0 Å². The van der Waals surface area contributed by atoms with E-state index in [9.17, 15) is 14.2 Å². The van der Waals surface area contributed by atoms with Crippen LogP contribution in [0.2, 0.25) is 0 Å². The van der Waals surface area contributed by atoms with Crippen molar-refractivity contribution in [1.82, 2.24) is 4.90 Å². The predicted molar refractivity (Wildman–Crippen MR) is 60.2 cm³/mol. The number of hydrogen-bond acceptors (Lipinski definition) is 6. The summed E-state index contributed by atoms with van der Waals surface area (Å²) in [6.07, 6.45) is -1.47. The maximum atomic E-state index is 11.1. The number of likely N-dealkylation sites (N-methyl/N-ethyl adjacent to an activating group) is 1. The number of hydrogen-bond donors (Lipinski definition) is 4. The number of aliphatic hydroxyl groups is 1. The van der Waals surface area contributed by atoms with Crippen LogP contribution in [0.5, 0.6) is 0 Å². The minimum atomic E-state index is -4.71. The van der Waals surface area contributed by atoms with E-state index in [4.69, 9.17) is 20.6 Å². The predicted octanol–water partition coefficient (Wildman–Crippen LogP) is -2.29. The molecular weight excluding hydrogens is 285 g/mol. The SMILES string of the molecule is CC(O)C(=O)OOC(=O)CN(C)/C(N)=N/P(=O)(O)O. The Bertz CT molecular complexity index is 417. The number of carbonyl (C=O) groups excluding carboxylic acids is 2. The minimum absolute atomic E-state index is 0.581. The standard InChI is InChI=1S/C7H14N3O8P/c1-4(11)6(13)18-17-5(12)3-10(2)7(8)9-19(14,15)16/h4,11H,3H2,1-2H3,(H4,8,9,14,15,16). The summed E-state index contributed by atoms with van der Waals surface area (Å²) in [5, 5.41) is 8.73. The molecule has 0 aliphatic heterocycles. The van der Waals surface area contributed by atoms with E-state index in [0.29, 0.717) is 0 Å². The van der Waals surface area contributed by atoms with Crippen molar-refractivity contribution in [2.45, 2.75) is 13.0 Å². The number of nitrogens with zero attached hydrogens (tertiary/aromatic N) is 2. The van der Waals surface area contributed by atoms with Crippen molar-refractivity contribution in [1.29, 1.82) is 0 Å². The van der Waals surface area contributed by atoms with Crippen molar-refractivity contribution in [2.75, 3.05) is 13.6 Å². The maximum Gasteiger partial charge on any atom is 0.451 e. The van der Waals surface area contributed by atoms with Crippen molar-refractivity contribution >= 4 is 25.6 Å². The number of guanidine groups is 1. The number of rotatable bonds is 4. The highest BCUT2D eigenvalue weighted by Gasteiger charge is 2.18. The van der Waals surface area contributed by atoms with E-state index in [-0.39, 0.29) is 0 Å². The summed E-state index contributed by atoms with van der Waals surface area (Å²) < 4.78 is 13.3. The van der Waals surface area contributed by atoms with Crippen LogP contribution < -0.4 is 5.73 Å². The Morgan fingerprint density at radius 2 is 1.95 bits per heavy atom. The molecule has 0 saturated carbocycles. The fourth-order valence-electron chi connectivity index (χ4n) is 0.668. The van der Waals surface area contributed by atoms with E-state index in [2.05, 4.69) is 14.5 Å². The Kier molecular flexibility index (Phi) is 6.42. The highest BCUT2D eigenvalue weighted by molar-refractivity contribution is 7.50. The summed E-state index contributed by atoms with van der Waals surface area (Å²) in [6.45, 7) is 0.523. The lowest BCUT2D eigenvalue weighted by atomic mass is 10.4. The first kappa shape index (κ1) is 17.3. The molecule has 0 amide bonds. The van der Waals surface area contributed by atoms with E-state index in [0.717, 1.165) is 11.8 Å². The Labute approximate surface area is 107 Å². The topological polar surface area (TPSA) is 172 Å². The number of nitrogens with two attached hydrogens (primary N) is 1. The molecule has 0 fully saturated rings. The Hall–Kier alpha value is -1.68. The third-order valence-electron chi connectivity index (χ3n) is 1.55. The summed E-state index contributed by atoms with van der Waals surface area (Å²) in [7, 11) is -3.51. The van der Waals surface area contributed by atoms with E-state index in [1.807, 2.05) is 0 Å². The second-order valence-electron chi connectivity index (χ2n) is 3.36. The number of aliphatic hydroxyl groups excluding tert-OH is 1. The van der Waals surface area contributed by atoms with Crippen molar-refractivity contribution in [3.8, 4) is 0 Å². The third kappa shape index (κ3) is 8.11. The van der Waals surface area contributed by atoms with Gasteiger partial charge in [-0.3, -0.25) is 0 Å². The summed E-state index contributed by atoms with van der Waals surface area (Å²) in [4.78, 5) is 47.7. The van der Waals surface area contributed by atoms with Gasteiger partial charge in [-0.25, -0.2) is 23.9 Å². The van der Waals surface area contributed by atoms with Gasteiger partial charge >= 0.3 is 19.7 Å². The van der Waals surface area contributed by atoms with E-state index in [1.165, 1.54) is 7.05 Å². The van der Waals surface area contributed by atoms with Crippen molar-refractivity contribution in [3.63, 3.8) is 0 Å². The molecule has 0 radical (unpaired) electrons. The molecule has 12 heteroatoms. The zero-order valence-electron chi connectivity index (χ0n) is 10.1. The van der Waals surface area contributed by atoms with Crippen LogP contribution in [0.1, 0.15) is 6.92 Å². The molecular formula is C7H14N3O8P. The Balaban J connectivity index is 4.31. The van der Waals surface area contributed by atoms with Crippen LogP contribution in [0.25, 0.3) is 0 Å². The van der Waals surface area contributed by atoms with E-state index in [1.54, 1.807) is 0 Å². The van der Waals surface area contributed by atoms with Gasteiger partial charge < -0.3 is 25.5 Å². The molecule has 1 unspecified atom stereocenters. The average molecular weight is 299 g/mol. The van der Waals surface area contributed by atoms with Crippen LogP contribution in [-0.2, 0) is 23.9 Å². The van der Waals surface area contributed by atoms with Crippen LogP contribution in [0, 0.1) is 0 Å². The molecule has 0 rings (SSSR count). The summed E-state index contributed by atoms with van der Waals surface area (Å²) in [5.41, 5.74) is 5.18. The van der Waals surface area contributed by atoms with Crippen molar-refractivity contribution < 1.29 is 38.8 Å². The molecule has 0 aliphatic carbocycles. The highest BCUT2D eigenvalue weighted by Crippen LogP contribution is 2.35. The van der Waals surface area contributed by atoms with Gasteiger partial charge in [-0.2, -0.15) is 0 Å². The Morgan fingerprint density at radius 1 is 1.42 bits per heavy atom. The lowest BCUT2D eigenvalue weighted by molar-refractivity contribution is -0.263. The molecule has 0 aromatic carbocycles. The van der Waals surface area contributed by atoms with Gasteiger partial charge in [-0.05, 0) is 6.92 Å². The summed E-state index contributed by atoms with van der Waals surface area (Å²) in [6, 6.07) is 0. The largest absolute Gasteiger partial charge is 0.451 e. The van der Waals surface area contributed by atoms with Crippen LogP contribution >= 0.6 is 7.75 Å². The van der Waals surface area contributed by atoms with Gasteiger partial charge in [0.15, 0.2) is 6.10 Å². The highest BCUT2D eigenvalue weighted by atomic mass is 31.2. The normalized spacial score (nSPS) is 13.6. The molecule has 0 spiro atoms. The first-order valence-electron chi connectivity index (χ1n) is 4.74. The van der Waals surface area contributed by atoms with Crippen LogP contribution in [0.3, 0.4) is 0 Å². The zero-order chi connectivity index (χ0) is 15.2. The zero-order valence-corrected chi connectivity index (χ0v) is 11.0. The van der Waals surface area contributed by atoms with Gasteiger partial charge in [0.25, 0.3) is 0 Å². The van der Waals surface area contributed by atoms with Crippen LogP contribution in [0.15, 0.2) is 4.76 Å². The lowest BCUT2D eigenvalue weighted by Gasteiger charge is -2.16. The first-order chi connectivity index (χ1) is 8.53. The molecule has 0 heterocycles.